The van der Waals surface area contributed by atoms with Crippen molar-refractivity contribution < 1.29 is 14.7 Å². The summed E-state index contributed by atoms with van der Waals surface area (Å²) in [6.07, 6.45) is 2.66. The number of hydrogen-bond acceptors (Lipinski definition) is 4. The fourth-order valence-corrected chi connectivity index (χ4v) is 3.63. The lowest BCUT2D eigenvalue weighted by atomic mass is 10.2. The van der Waals surface area contributed by atoms with Gasteiger partial charge in [-0.25, -0.2) is 4.79 Å². The average molecular weight is 321 g/mol. The molecule has 0 aliphatic carbocycles. The molecule has 2 heterocycles. The van der Waals surface area contributed by atoms with Crippen LogP contribution in [0.25, 0.3) is 6.08 Å². The largest absolute Gasteiger partial charge is 0.478 e. The Balaban J connectivity index is 2.03. The average Bonchev–Trinajstić information content (AvgIpc) is 3.04. The minimum atomic E-state index is -0.969. The molecule has 110 valence electrons. The topological polar surface area (TPSA) is 57.6 Å². The van der Waals surface area contributed by atoms with Crippen molar-refractivity contribution in [3.8, 4) is 0 Å². The Morgan fingerprint density at radius 3 is 2.76 bits per heavy atom. The van der Waals surface area contributed by atoms with Crippen LogP contribution in [0.2, 0.25) is 0 Å². The van der Waals surface area contributed by atoms with Crippen LogP contribution >= 0.6 is 22.7 Å². The number of nitrogens with zero attached hydrogens (tertiary/aromatic N) is 1. The molecule has 1 amide bonds. The molecule has 0 unspecified atom stereocenters. The number of hydrogen-bond donors (Lipinski definition) is 1. The number of aryl methyl sites for hydroxylation is 1. The van der Waals surface area contributed by atoms with Crippen molar-refractivity contribution >= 4 is 40.6 Å². The Bertz CT molecular complexity index is 685. The van der Waals surface area contributed by atoms with Crippen LogP contribution < -0.4 is 0 Å². The lowest BCUT2D eigenvalue weighted by molar-refractivity contribution is -0.131. The molecule has 0 fully saturated rings. The number of carboxylic acid groups (broad SMARTS) is 1. The van der Waals surface area contributed by atoms with Crippen molar-refractivity contribution in [1.82, 2.24) is 4.90 Å². The zero-order valence-corrected chi connectivity index (χ0v) is 13.3. The third-order valence-electron chi connectivity index (χ3n) is 2.89. The van der Waals surface area contributed by atoms with E-state index in [4.69, 9.17) is 5.11 Å². The van der Waals surface area contributed by atoms with Gasteiger partial charge >= 0.3 is 5.97 Å². The summed E-state index contributed by atoms with van der Waals surface area (Å²) in [5, 5.41) is 12.4. The first-order valence-electron chi connectivity index (χ1n) is 6.25. The zero-order valence-electron chi connectivity index (χ0n) is 11.7. The molecule has 0 atom stereocenters. The molecule has 0 aliphatic rings. The van der Waals surface area contributed by atoms with E-state index in [1.54, 1.807) is 18.0 Å². The van der Waals surface area contributed by atoms with E-state index < -0.39 is 5.97 Å². The number of carboxylic acids is 1. The van der Waals surface area contributed by atoms with Crippen LogP contribution in [0.3, 0.4) is 0 Å². The molecule has 2 aromatic heterocycles. The molecular weight excluding hydrogens is 306 g/mol. The van der Waals surface area contributed by atoms with Crippen LogP contribution in [0.15, 0.2) is 29.0 Å². The summed E-state index contributed by atoms with van der Waals surface area (Å²) >= 11 is 2.96. The molecule has 0 radical (unpaired) electrons. The van der Waals surface area contributed by atoms with Gasteiger partial charge in [0.15, 0.2) is 0 Å². The van der Waals surface area contributed by atoms with E-state index in [1.165, 1.54) is 22.7 Å². The highest BCUT2D eigenvalue weighted by molar-refractivity contribution is 7.12. The Morgan fingerprint density at radius 1 is 1.38 bits per heavy atom. The summed E-state index contributed by atoms with van der Waals surface area (Å²) in [4.78, 5) is 26.2. The number of carbonyl (C=O) groups is 2. The fraction of sp³-hybridized carbons (Fsp3) is 0.200. The maximum absolute atomic E-state index is 12.3. The first kappa shape index (κ1) is 15.5. The van der Waals surface area contributed by atoms with Crippen molar-refractivity contribution in [2.75, 3.05) is 7.05 Å². The van der Waals surface area contributed by atoms with Crippen molar-refractivity contribution in [3.63, 3.8) is 0 Å². The lowest BCUT2D eigenvalue weighted by Crippen LogP contribution is -2.25. The molecule has 21 heavy (non-hydrogen) atoms. The van der Waals surface area contributed by atoms with Crippen LogP contribution in [0.1, 0.15) is 25.7 Å². The molecule has 6 heteroatoms. The molecule has 0 saturated heterocycles. The van der Waals surface area contributed by atoms with Gasteiger partial charge < -0.3 is 10.0 Å². The molecule has 0 aliphatic heterocycles. The molecule has 2 rings (SSSR count). The van der Waals surface area contributed by atoms with Crippen LogP contribution in [-0.2, 0) is 11.3 Å². The second kappa shape index (κ2) is 6.69. The Kier molecular flexibility index (Phi) is 4.93. The Labute approximate surface area is 131 Å². The van der Waals surface area contributed by atoms with Crippen molar-refractivity contribution in [2.45, 2.75) is 13.5 Å². The molecule has 2 aromatic rings. The van der Waals surface area contributed by atoms with E-state index in [1.807, 2.05) is 29.8 Å². The summed E-state index contributed by atoms with van der Waals surface area (Å²) in [6.45, 7) is 2.44. The van der Waals surface area contributed by atoms with E-state index >= 15 is 0 Å². The van der Waals surface area contributed by atoms with Gasteiger partial charge in [-0.1, -0.05) is 0 Å². The van der Waals surface area contributed by atoms with Gasteiger partial charge in [-0.3, -0.25) is 4.79 Å². The molecule has 0 spiro atoms. The molecule has 4 nitrogen and oxygen atoms in total. The van der Waals surface area contributed by atoms with Gasteiger partial charge in [0, 0.05) is 18.0 Å². The van der Waals surface area contributed by atoms with Gasteiger partial charge in [-0.15, -0.1) is 22.7 Å². The van der Waals surface area contributed by atoms with Gasteiger partial charge in [-0.05, 0) is 47.0 Å². The second-order valence-electron chi connectivity index (χ2n) is 4.61. The molecule has 0 aromatic carbocycles. The Hall–Kier alpha value is -1.92. The third-order valence-corrected chi connectivity index (χ3v) is 4.83. The number of thiophene rings is 2. The smallest absolute Gasteiger partial charge is 0.328 e. The van der Waals surface area contributed by atoms with E-state index in [-0.39, 0.29) is 5.91 Å². The van der Waals surface area contributed by atoms with E-state index in [0.717, 1.165) is 27.0 Å². The van der Waals surface area contributed by atoms with Gasteiger partial charge in [0.1, 0.15) is 0 Å². The van der Waals surface area contributed by atoms with Gasteiger partial charge in [0.05, 0.1) is 11.4 Å². The van der Waals surface area contributed by atoms with E-state index in [2.05, 4.69) is 0 Å². The van der Waals surface area contributed by atoms with Crippen LogP contribution in [-0.4, -0.2) is 28.9 Å². The predicted molar refractivity (Wildman–Crippen MR) is 85.8 cm³/mol. The number of amides is 1. The number of aliphatic carboxylic acids is 1. The minimum absolute atomic E-state index is 0.0125. The predicted octanol–water partition coefficient (Wildman–Crippen LogP) is 3.49. The number of rotatable bonds is 5. The minimum Gasteiger partial charge on any atom is -0.478 e. The summed E-state index contributed by atoms with van der Waals surface area (Å²) in [6, 6.07) is 3.83. The molecule has 0 bridgehead atoms. The fourth-order valence-electron chi connectivity index (χ4n) is 1.81. The standard InChI is InChI=1S/C15H15NO3S2/c1-10-5-6-20-14(10)15(19)16(2)8-12-7-11(9-21-12)3-4-13(17)18/h3-7,9H,8H2,1-2H3,(H,17,18). The van der Waals surface area contributed by atoms with Gasteiger partial charge in [-0.2, -0.15) is 0 Å². The van der Waals surface area contributed by atoms with Crippen molar-refractivity contribution in [3.05, 3.63) is 49.9 Å². The van der Waals surface area contributed by atoms with Crippen LogP contribution in [0.5, 0.6) is 0 Å². The molecular formula is C15H15NO3S2. The summed E-state index contributed by atoms with van der Waals surface area (Å²) < 4.78 is 0. The maximum atomic E-state index is 12.3. The van der Waals surface area contributed by atoms with Crippen molar-refractivity contribution in [1.29, 1.82) is 0 Å². The monoisotopic (exact) mass is 321 g/mol. The highest BCUT2D eigenvalue weighted by Gasteiger charge is 2.16. The number of carbonyl (C=O) groups excluding carboxylic acids is 1. The summed E-state index contributed by atoms with van der Waals surface area (Å²) in [5.74, 6) is -0.957. The van der Waals surface area contributed by atoms with Crippen LogP contribution in [0.4, 0.5) is 0 Å². The zero-order chi connectivity index (χ0) is 15.4. The van der Waals surface area contributed by atoms with Gasteiger partial charge in [0.2, 0.25) is 0 Å². The highest BCUT2D eigenvalue weighted by atomic mass is 32.1. The first-order chi connectivity index (χ1) is 9.97. The SMILES string of the molecule is Cc1ccsc1C(=O)N(C)Cc1cc(C=CC(=O)O)cs1. The second-order valence-corrected chi connectivity index (χ2v) is 6.52. The third kappa shape index (κ3) is 4.03. The van der Waals surface area contributed by atoms with Crippen LogP contribution in [0, 0.1) is 6.92 Å². The quantitative estimate of drug-likeness (QED) is 0.858. The molecule has 1 N–H and O–H groups in total. The van der Waals surface area contributed by atoms with E-state index in [9.17, 15) is 9.59 Å². The molecule has 0 saturated carbocycles. The normalized spacial score (nSPS) is 11.0. The lowest BCUT2D eigenvalue weighted by Gasteiger charge is -2.15. The summed E-state index contributed by atoms with van der Waals surface area (Å²) in [7, 11) is 1.77. The maximum Gasteiger partial charge on any atom is 0.328 e. The highest BCUT2D eigenvalue weighted by Crippen LogP contribution is 2.21. The van der Waals surface area contributed by atoms with Gasteiger partial charge in [0.25, 0.3) is 5.91 Å². The van der Waals surface area contributed by atoms with E-state index in [0.29, 0.717) is 6.54 Å². The van der Waals surface area contributed by atoms with Crippen molar-refractivity contribution in [2.24, 2.45) is 0 Å². The first-order valence-corrected chi connectivity index (χ1v) is 8.01. The Morgan fingerprint density at radius 2 is 2.14 bits per heavy atom. The summed E-state index contributed by atoms with van der Waals surface area (Å²) in [5.41, 5.74) is 1.83.